The largest absolute Gasteiger partial charge is 0.481 e. The number of amides is 1. The SMILES string of the molecule is C=CCNC(=O)CS(=O)(=O)c1ccc(CCC(=O)O)cc1. The Balaban J connectivity index is 2.73. The maximum absolute atomic E-state index is 12.0. The van der Waals surface area contributed by atoms with Crippen molar-refractivity contribution in [3.05, 3.63) is 42.5 Å². The molecule has 0 aliphatic carbocycles. The number of carbonyl (C=O) groups is 2. The third-order valence-electron chi connectivity index (χ3n) is 2.67. The minimum absolute atomic E-state index is 0.0178. The molecule has 1 rings (SSSR count). The molecule has 2 N–H and O–H groups in total. The van der Waals surface area contributed by atoms with E-state index >= 15 is 0 Å². The Kier molecular flexibility index (Phi) is 6.10. The predicted molar refractivity (Wildman–Crippen MR) is 77.7 cm³/mol. The van der Waals surface area contributed by atoms with Gasteiger partial charge in [0, 0.05) is 13.0 Å². The van der Waals surface area contributed by atoms with Crippen molar-refractivity contribution in [2.24, 2.45) is 0 Å². The summed E-state index contributed by atoms with van der Waals surface area (Å²) in [4.78, 5) is 21.9. The molecule has 6 nitrogen and oxygen atoms in total. The number of carboxylic acid groups (broad SMARTS) is 1. The Hall–Kier alpha value is -2.15. The summed E-state index contributed by atoms with van der Waals surface area (Å²) < 4.78 is 24.0. The van der Waals surface area contributed by atoms with E-state index in [2.05, 4.69) is 11.9 Å². The van der Waals surface area contributed by atoms with Crippen molar-refractivity contribution >= 4 is 21.7 Å². The number of nitrogens with one attached hydrogen (secondary N) is 1. The number of aryl methyl sites for hydroxylation is 1. The molecule has 0 heterocycles. The van der Waals surface area contributed by atoms with Crippen LogP contribution < -0.4 is 5.32 Å². The number of rotatable bonds is 8. The first-order valence-electron chi connectivity index (χ1n) is 6.26. The molecule has 114 valence electrons. The second-order valence-corrected chi connectivity index (χ2v) is 6.38. The van der Waals surface area contributed by atoms with Gasteiger partial charge in [0.05, 0.1) is 4.90 Å². The normalized spacial score (nSPS) is 10.9. The third-order valence-corrected chi connectivity index (χ3v) is 4.31. The fourth-order valence-corrected chi connectivity index (χ4v) is 2.77. The van der Waals surface area contributed by atoms with Gasteiger partial charge in [0.25, 0.3) is 0 Å². The van der Waals surface area contributed by atoms with Gasteiger partial charge in [-0.05, 0) is 24.1 Å². The number of sulfone groups is 1. The summed E-state index contributed by atoms with van der Waals surface area (Å²) in [5.74, 6) is -2.13. The van der Waals surface area contributed by atoms with Crippen LogP contribution in [0.3, 0.4) is 0 Å². The average Bonchev–Trinajstić information content (AvgIpc) is 2.43. The minimum atomic E-state index is -3.70. The van der Waals surface area contributed by atoms with Gasteiger partial charge in [-0.3, -0.25) is 9.59 Å². The number of benzene rings is 1. The lowest BCUT2D eigenvalue weighted by molar-refractivity contribution is -0.137. The van der Waals surface area contributed by atoms with E-state index in [0.717, 1.165) is 5.56 Å². The van der Waals surface area contributed by atoms with Gasteiger partial charge in [0.2, 0.25) is 5.91 Å². The number of hydrogen-bond acceptors (Lipinski definition) is 4. The molecule has 0 bridgehead atoms. The first kappa shape index (κ1) is 16.9. The van der Waals surface area contributed by atoms with E-state index in [0.29, 0.717) is 6.42 Å². The van der Waals surface area contributed by atoms with Crippen molar-refractivity contribution in [3.63, 3.8) is 0 Å². The molecule has 0 radical (unpaired) electrons. The number of carboxylic acids is 1. The van der Waals surface area contributed by atoms with Crippen molar-refractivity contribution in [2.45, 2.75) is 17.7 Å². The van der Waals surface area contributed by atoms with Gasteiger partial charge in [0.15, 0.2) is 9.84 Å². The summed E-state index contributed by atoms with van der Waals surface area (Å²) in [6.07, 6.45) is 1.77. The summed E-state index contributed by atoms with van der Waals surface area (Å²) in [7, 11) is -3.70. The molecular weight excluding hydrogens is 294 g/mol. The molecular formula is C14H17NO5S. The molecule has 0 aliphatic rings. The molecule has 0 atom stereocenters. The maximum Gasteiger partial charge on any atom is 0.303 e. The summed E-state index contributed by atoms with van der Waals surface area (Å²) in [5, 5.41) is 11.0. The Morgan fingerprint density at radius 2 is 1.86 bits per heavy atom. The van der Waals surface area contributed by atoms with Crippen molar-refractivity contribution in [2.75, 3.05) is 12.3 Å². The molecule has 0 aliphatic heterocycles. The quantitative estimate of drug-likeness (QED) is 0.691. The zero-order valence-electron chi connectivity index (χ0n) is 11.4. The lowest BCUT2D eigenvalue weighted by Gasteiger charge is -2.06. The Labute approximate surface area is 123 Å². The van der Waals surface area contributed by atoms with Crippen LogP contribution in [0.2, 0.25) is 0 Å². The lowest BCUT2D eigenvalue weighted by atomic mass is 10.1. The first-order valence-corrected chi connectivity index (χ1v) is 7.91. The third kappa shape index (κ3) is 5.78. The van der Waals surface area contributed by atoms with Crippen molar-refractivity contribution in [1.82, 2.24) is 5.32 Å². The molecule has 7 heteroatoms. The maximum atomic E-state index is 12.0. The van der Waals surface area contributed by atoms with Crippen LogP contribution in [0.15, 0.2) is 41.8 Å². The summed E-state index contributed by atoms with van der Waals surface area (Å²) in [6.45, 7) is 3.63. The highest BCUT2D eigenvalue weighted by atomic mass is 32.2. The number of aliphatic carboxylic acids is 1. The molecule has 1 aromatic rings. The fourth-order valence-electron chi connectivity index (χ4n) is 1.61. The average molecular weight is 311 g/mol. The van der Waals surface area contributed by atoms with Crippen LogP contribution in [0, 0.1) is 0 Å². The first-order chi connectivity index (χ1) is 9.85. The Bertz CT molecular complexity index is 619. The van der Waals surface area contributed by atoms with Crippen molar-refractivity contribution in [1.29, 1.82) is 0 Å². The monoisotopic (exact) mass is 311 g/mol. The molecule has 0 spiro atoms. The van der Waals surface area contributed by atoms with Crippen LogP contribution in [0.4, 0.5) is 0 Å². The number of carbonyl (C=O) groups excluding carboxylic acids is 1. The van der Waals surface area contributed by atoms with Crippen molar-refractivity contribution < 1.29 is 23.1 Å². The lowest BCUT2D eigenvalue weighted by Crippen LogP contribution is -2.30. The highest BCUT2D eigenvalue weighted by Crippen LogP contribution is 2.13. The highest BCUT2D eigenvalue weighted by molar-refractivity contribution is 7.92. The number of hydrogen-bond donors (Lipinski definition) is 2. The van der Waals surface area contributed by atoms with Gasteiger partial charge in [-0.2, -0.15) is 0 Å². The van der Waals surface area contributed by atoms with Gasteiger partial charge < -0.3 is 10.4 Å². The molecule has 0 saturated heterocycles. The van der Waals surface area contributed by atoms with Crippen LogP contribution >= 0.6 is 0 Å². The standard InChI is InChI=1S/C14H17NO5S/c1-2-9-15-13(16)10-21(19,20)12-6-3-11(4-7-12)5-8-14(17)18/h2-4,6-7H,1,5,8-10H2,(H,15,16)(H,17,18). The van der Waals surface area contributed by atoms with E-state index in [1.54, 1.807) is 12.1 Å². The predicted octanol–water partition coefficient (Wildman–Crippen LogP) is 0.780. The second-order valence-electron chi connectivity index (χ2n) is 4.39. The van der Waals surface area contributed by atoms with E-state index < -0.39 is 27.5 Å². The molecule has 21 heavy (non-hydrogen) atoms. The Morgan fingerprint density at radius 3 is 2.38 bits per heavy atom. The smallest absolute Gasteiger partial charge is 0.303 e. The van der Waals surface area contributed by atoms with Gasteiger partial charge in [-0.15, -0.1) is 6.58 Å². The summed E-state index contributed by atoms with van der Waals surface area (Å²) in [6, 6.07) is 5.87. The van der Waals surface area contributed by atoms with E-state index in [1.165, 1.54) is 18.2 Å². The van der Waals surface area contributed by atoms with Gasteiger partial charge >= 0.3 is 5.97 Å². The van der Waals surface area contributed by atoms with Crippen LogP contribution in [0.25, 0.3) is 0 Å². The van der Waals surface area contributed by atoms with Gasteiger partial charge in [-0.1, -0.05) is 18.2 Å². The van der Waals surface area contributed by atoms with E-state index in [9.17, 15) is 18.0 Å². The zero-order valence-corrected chi connectivity index (χ0v) is 12.2. The molecule has 1 aromatic carbocycles. The molecule has 0 fully saturated rings. The highest BCUT2D eigenvalue weighted by Gasteiger charge is 2.18. The van der Waals surface area contributed by atoms with E-state index in [-0.39, 0.29) is 17.9 Å². The van der Waals surface area contributed by atoms with E-state index in [1.807, 2.05) is 0 Å². The molecule has 1 amide bonds. The van der Waals surface area contributed by atoms with Gasteiger partial charge in [-0.25, -0.2) is 8.42 Å². The summed E-state index contributed by atoms with van der Waals surface area (Å²) in [5.41, 5.74) is 0.729. The second kappa shape index (κ2) is 7.58. The van der Waals surface area contributed by atoms with Crippen molar-refractivity contribution in [3.8, 4) is 0 Å². The van der Waals surface area contributed by atoms with Crippen LogP contribution in [-0.4, -0.2) is 37.7 Å². The fraction of sp³-hybridized carbons (Fsp3) is 0.286. The van der Waals surface area contributed by atoms with Crippen LogP contribution in [-0.2, 0) is 25.8 Å². The van der Waals surface area contributed by atoms with Gasteiger partial charge in [0.1, 0.15) is 5.75 Å². The molecule has 0 aromatic heterocycles. The van der Waals surface area contributed by atoms with E-state index in [4.69, 9.17) is 5.11 Å². The zero-order chi connectivity index (χ0) is 15.9. The topological polar surface area (TPSA) is 101 Å². The molecule has 0 unspecified atom stereocenters. The van der Waals surface area contributed by atoms with Crippen LogP contribution in [0.5, 0.6) is 0 Å². The van der Waals surface area contributed by atoms with Crippen LogP contribution in [0.1, 0.15) is 12.0 Å². The summed E-state index contributed by atoms with van der Waals surface area (Å²) >= 11 is 0. The molecule has 0 saturated carbocycles. The minimum Gasteiger partial charge on any atom is -0.481 e. The Morgan fingerprint density at radius 1 is 1.24 bits per heavy atom.